The molecule has 84 valence electrons. The smallest absolute Gasteiger partial charge is 0.00721 e. The van der Waals surface area contributed by atoms with Crippen molar-refractivity contribution in [3.8, 4) is 0 Å². The fraction of sp³-hybridized carbons (Fsp3) is 0.571. The first-order valence-electron chi connectivity index (χ1n) is 6.02. The number of unbranched alkanes of at least 4 members (excludes halogenated alkanes) is 4. The van der Waals surface area contributed by atoms with Gasteiger partial charge in [-0.05, 0) is 31.2 Å². The van der Waals surface area contributed by atoms with Crippen molar-refractivity contribution in [2.24, 2.45) is 0 Å². The fourth-order valence-electron chi connectivity index (χ4n) is 1.53. The molecule has 0 atom stereocenters. The van der Waals surface area contributed by atoms with Crippen LogP contribution < -0.4 is 0 Å². The van der Waals surface area contributed by atoms with Gasteiger partial charge < -0.3 is 0 Å². The van der Waals surface area contributed by atoms with Crippen LogP contribution in [0.25, 0.3) is 0 Å². The number of aryl methyl sites for hydroxylation is 1. The number of benzene rings is 1. The average Bonchev–Trinajstić information content (AvgIpc) is 2.26. The lowest BCUT2D eigenvalue weighted by Crippen LogP contribution is -1.82. The summed E-state index contributed by atoms with van der Waals surface area (Å²) in [5.41, 5.74) is 1.35. The second kappa shape index (κ2) is 7.81. The molecule has 1 rings (SSSR count). The molecule has 0 saturated carbocycles. The highest BCUT2D eigenvalue weighted by Gasteiger charge is 1.94. The summed E-state index contributed by atoms with van der Waals surface area (Å²) in [5.74, 6) is 1.27. The van der Waals surface area contributed by atoms with Crippen molar-refractivity contribution in [1.82, 2.24) is 0 Å². The quantitative estimate of drug-likeness (QED) is 0.459. The molecule has 0 spiro atoms. The van der Waals surface area contributed by atoms with Crippen LogP contribution in [-0.4, -0.2) is 5.75 Å². The van der Waals surface area contributed by atoms with Gasteiger partial charge in [0.25, 0.3) is 0 Å². The molecule has 0 aliphatic heterocycles. The van der Waals surface area contributed by atoms with Crippen molar-refractivity contribution in [3.05, 3.63) is 29.8 Å². The Morgan fingerprint density at radius 1 is 0.933 bits per heavy atom. The van der Waals surface area contributed by atoms with E-state index in [1.807, 2.05) is 11.8 Å². The summed E-state index contributed by atoms with van der Waals surface area (Å²) in [6.07, 6.45) is 6.90. The van der Waals surface area contributed by atoms with Crippen LogP contribution >= 0.6 is 11.8 Å². The molecule has 0 bridgehead atoms. The molecule has 0 saturated heterocycles. The first kappa shape index (κ1) is 12.6. The zero-order valence-corrected chi connectivity index (χ0v) is 10.8. The second-order valence-electron chi connectivity index (χ2n) is 4.08. The topological polar surface area (TPSA) is 0 Å². The molecule has 0 N–H and O–H groups in total. The minimum absolute atomic E-state index is 1.27. The lowest BCUT2D eigenvalue weighted by molar-refractivity contribution is 0.659. The van der Waals surface area contributed by atoms with Gasteiger partial charge in [-0.15, -0.1) is 11.8 Å². The molecule has 0 aliphatic carbocycles. The van der Waals surface area contributed by atoms with Gasteiger partial charge in [-0.2, -0.15) is 0 Å². The first-order chi connectivity index (χ1) is 7.33. The minimum atomic E-state index is 1.27. The molecular formula is C14H22S. The number of hydrogen-bond acceptors (Lipinski definition) is 1. The fourth-order valence-corrected chi connectivity index (χ4v) is 2.44. The van der Waals surface area contributed by atoms with E-state index < -0.39 is 0 Å². The third-order valence-corrected chi connectivity index (χ3v) is 3.64. The Kier molecular flexibility index (Phi) is 6.58. The zero-order valence-electron chi connectivity index (χ0n) is 9.96. The first-order valence-corrected chi connectivity index (χ1v) is 7.01. The summed E-state index contributed by atoms with van der Waals surface area (Å²) in [4.78, 5) is 1.41. The van der Waals surface area contributed by atoms with Crippen molar-refractivity contribution < 1.29 is 0 Å². The summed E-state index contributed by atoms with van der Waals surface area (Å²) >= 11 is 1.99. The maximum absolute atomic E-state index is 2.26. The Bertz CT molecular complexity index is 251. The maximum atomic E-state index is 2.26. The van der Waals surface area contributed by atoms with E-state index >= 15 is 0 Å². The van der Waals surface area contributed by atoms with Gasteiger partial charge >= 0.3 is 0 Å². The summed E-state index contributed by atoms with van der Waals surface area (Å²) < 4.78 is 0. The SMILES string of the molecule is CCCCCCCSc1ccc(C)cc1. The Hall–Kier alpha value is -0.430. The van der Waals surface area contributed by atoms with Crippen LogP contribution in [-0.2, 0) is 0 Å². The van der Waals surface area contributed by atoms with E-state index in [9.17, 15) is 0 Å². The largest absolute Gasteiger partial charge is 0.126 e. The van der Waals surface area contributed by atoms with Crippen LogP contribution in [0.4, 0.5) is 0 Å². The van der Waals surface area contributed by atoms with Crippen molar-refractivity contribution in [1.29, 1.82) is 0 Å². The lowest BCUT2D eigenvalue weighted by Gasteiger charge is -2.02. The Morgan fingerprint density at radius 2 is 1.60 bits per heavy atom. The van der Waals surface area contributed by atoms with Gasteiger partial charge in [0.15, 0.2) is 0 Å². The Labute approximate surface area is 98.5 Å². The molecular weight excluding hydrogens is 200 g/mol. The lowest BCUT2D eigenvalue weighted by atomic mass is 10.2. The van der Waals surface area contributed by atoms with Gasteiger partial charge in [-0.1, -0.05) is 50.3 Å². The molecule has 0 radical (unpaired) electrons. The Morgan fingerprint density at radius 3 is 2.27 bits per heavy atom. The highest BCUT2D eigenvalue weighted by Crippen LogP contribution is 2.20. The molecule has 0 nitrogen and oxygen atoms in total. The van der Waals surface area contributed by atoms with Gasteiger partial charge in [-0.3, -0.25) is 0 Å². The van der Waals surface area contributed by atoms with E-state index in [4.69, 9.17) is 0 Å². The highest BCUT2D eigenvalue weighted by atomic mass is 32.2. The molecule has 1 heteroatoms. The zero-order chi connectivity index (χ0) is 10.9. The summed E-state index contributed by atoms with van der Waals surface area (Å²) in [6.45, 7) is 4.40. The van der Waals surface area contributed by atoms with E-state index in [0.29, 0.717) is 0 Å². The van der Waals surface area contributed by atoms with Crippen molar-refractivity contribution in [2.45, 2.75) is 50.8 Å². The molecule has 0 fully saturated rings. The number of hydrogen-bond donors (Lipinski definition) is 0. The van der Waals surface area contributed by atoms with E-state index in [-0.39, 0.29) is 0 Å². The van der Waals surface area contributed by atoms with Crippen molar-refractivity contribution in [3.63, 3.8) is 0 Å². The van der Waals surface area contributed by atoms with Crippen LogP contribution in [0, 0.1) is 6.92 Å². The van der Waals surface area contributed by atoms with Crippen LogP contribution in [0.1, 0.15) is 44.6 Å². The Balaban J connectivity index is 2.07. The third-order valence-electron chi connectivity index (χ3n) is 2.54. The van der Waals surface area contributed by atoms with Crippen LogP contribution in [0.15, 0.2) is 29.2 Å². The van der Waals surface area contributed by atoms with Crippen molar-refractivity contribution in [2.75, 3.05) is 5.75 Å². The minimum Gasteiger partial charge on any atom is -0.126 e. The predicted molar refractivity (Wildman–Crippen MR) is 70.7 cm³/mol. The number of rotatable bonds is 7. The second-order valence-corrected chi connectivity index (χ2v) is 5.24. The predicted octanol–water partition coefficient (Wildman–Crippen LogP) is 5.06. The molecule has 0 aliphatic rings. The van der Waals surface area contributed by atoms with Crippen LogP contribution in [0.5, 0.6) is 0 Å². The third kappa shape index (κ3) is 5.88. The van der Waals surface area contributed by atoms with Crippen molar-refractivity contribution >= 4 is 11.8 Å². The van der Waals surface area contributed by atoms with E-state index in [0.717, 1.165) is 0 Å². The molecule has 0 amide bonds. The van der Waals surface area contributed by atoms with E-state index in [1.54, 1.807) is 0 Å². The summed E-state index contributed by atoms with van der Waals surface area (Å²) in [6, 6.07) is 8.84. The van der Waals surface area contributed by atoms with Gasteiger partial charge in [0.1, 0.15) is 0 Å². The summed E-state index contributed by atoms with van der Waals surface area (Å²) in [5, 5.41) is 0. The summed E-state index contributed by atoms with van der Waals surface area (Å²) in [7, 11) is 0. The molecule has 15 heavy (non-hydrogen) atoms. The van der Waals surface area contributed by atoms with Gasteiger partial charge in [0.05, 0.1) is 0 Å². The highest BCUT2D eigenvalue weighted by molar-refractivity contribution is 7.99. The van der Waals surface area contributed by atoms with E-state index in [2.05, 4.69) is 38.1 Å². The van der Waals surface area contributed by atoms with Gasteiger partial charge in [0.2, 0.25) is 0 Å². The standard InChI is InChI=1S/C14H22S/c1-3-4-5-6-7-12-15-14-10-8-13(2)9-11-14/h8-11H,3-7,12H2,1-2H3. The molecule has 1 aromatic rings. The molecule has 0 aromatic heterocycles. The van der Waals surface area contributed by atoms with Gasteiger partial charge in [-0.25, -0.2) is 0 Å². The normalized spacial score (nSPS) is 10.5. The van der Waals surface area contributed by atoms with Crippen LogP contribution in [0.2, 0.25) is 0 Å². The van der Waals surface area contributed by atoms with E-state index in [1.165, 1.54) is 48.3 Å². The molecule has 0 heterocycles. The number of thioether (sulfide) groups is 1. The van der Waals surface area contributed by atoms with Crippen LogP contribution in [0.3, 0.4) is 0 Å². The average molecular weight is 222 g/mol. The molecule has 1 aromatic carbocycles. The monoisotopic (exact) mass is 222 g/mol. The van der Waals surface area contributed by atoms with Gasteiger partial charge in [0, 0.05) is 4.90 Å². The maximum Gasteiger partial charge on any atom is 0.00721 e. The molecule has 0 unspecified atom stereocenters.